The number of hydrogen-bond acceptors (Lipinski definition) is 5. The van der Waals surface area contributed by atoms with Crippen molar-refractivity contribution in [3.8, 4) is 0 Å². The summed E-state index contributed by atoms with van der Waals surface area (Å²) in [7, 11) is 0. The predicted molar refractivity (Wildman–Crippen MR) is 132 cm³/mol. The zero-order valence-corrected chi connectivity index (χ0v) is 18.3. The molecule has 6 nitrogen and oxygen atoms in total. The van der Waals surface area contributed by atoms with Crippen LogP contribution in [0.5, 0.6) is 0 Å². The number of fused-ring (bicyclic) bond motifs is 1. The number of carbonyl (C=O) groups is 1. The van der Waals surface area contributed by atoms with E-state index in [2.05, 4.69) is 58.3 Å². The number of aromatic carboxylic acids is 1. The number of benzene rings is 3. The summed E-state index contributed by atoms with van der Waals surface area (Å²) in [4.78, 5) is 21.3. The van der Waals surface area contributed by atoms with Gasteiger partial charge in [0.1, 0.15) is 5.82 Å². The summed E-state index contributed by atoms with van der Waals surface area (Å²) in [5, 5.41) is 10.3. The molecule has 1 fully saturated rings. The average Bonchev–Trinajstić information content (AvgIpc) is 2.85. The maximum Gasteiger partial charge on any atom is 0.336 e. The van der Waals surface area contributed by atoms with E-state index in [1.54, 1.807) is 24.3 Å². The monoisotopic (exact) mass is 438 g/mol. The van der Waals surface area contributed by atoms with Gasteiger partial charge in [0.15, 0.2) is 0 Å². The maximum absolute atomic E-state index is 11.9. The molecule has 0 radical (unpaired) electrons. The predicted octanol–water partition coefficient (Wildman–Crippen LogP) is 4.43. The molecule has 0 unspecified atom stereocenters. The minimum atomic E-state index is -0.971. The van der Waals surface area contributed by atoms with Crippen molar-refractivity contribution in [2.24, 2.45) is 0 Å². The Kier molecular flexibility index (Phi) is 5.67. The Bertz CT molecular complexity index is 1230. The van der Waals surface area contributed by atoms with Crippen molar-refractivity contribution < 1.29 is 9.90 Å². The first-order chi connectivity index (χ1) is 16.1. The molecule has 2 heterocycles. The van der Waals surface area contributed by atoms with Crippen molar-refractivity contribution in [2.75, 3.05) is 36.8 Å². The Morgan fingerprint density at radius 1 is 0.848 bits per heavy atom. The summed E-state index contributed by atoms with van der Waals surface area (Å²) < 4.78 is 0. The molecule has 0 aliphatic carbocycles. The third-order valence-corrected chi connectivity index (χ3v) is 6.28. The second kappa shape index (κ2) is 8.92. The van der Waals surface area contributed by atoms with Crippen molar-refractivity contribution in [2.45, 2.75) is 6.04 Å². The van der Waals surface area contributed by atoms with E-state index in [4.69, 9.17) is 10.7 Å². The molecule has 6 heteroatoms. The van der Waals surface area contributed by atoms with E-state index >= 15 is 0 Å². The Morgan fingerprint density at radius 3 is 2.03 bits per heavy atom. The van der Waals surface area contributed by atoms with E-state index in [0.29, 0.717) is 22.4 Å². The van der Waals surface area contributed by atoms with E-state index in [-0.39, 0.29) is 11.6 Å². The van der Waals surface area contributed by atoms with Gasteiger partial charge in [0.2, 0.25) is 0 Å². The fourth-order valence-corrected chi connectivity index (χ4v) is 4.66. The highest BCUT2D eigenvalue weighted by Crippen LogP contribution is 2.31. The summed E-state index contributed by atoms with van der Waals surface area (Å²) in [6.07, 6.45) is 0. The highest BCUT2D eigenvalue weighted by molar-refractivity contribution is 6.04. The number of nitrogen functional groups attached to an aromatic ring is 1. The molecule has 5 rings (SSSR count). The van der Waals surface area contributed by atoms with Gasteiger partial charge in [-0.1, -0.05) is 60.7 Å². The molecule has 1 aliphatic rings. The molecule has 0 saturated carbocycles. The van der Waals surface area contributed by atoms with Crippen LogP contribution in [0.15, 0.2) is 84.9 Å². The van der Waals surface area contributed by atoms with Crippen molar-refractivity contribution in [3.63, 3.8) is 0 Å². The van der Waals surface area contributed by atoms with Crippen LogP contribution < -0.4 is 10.6 Å². The highest BCUT2D eigenvalue weighted by atomic mass is 16.4. The smallest absolute Gasteiger partial charge is 0.336 e. The van der Waals surface area contributed by atoms with Crippen LogP contribution in [-0.2, 0) is 0 Å². The molecule has 1 saturated heterocycles. The molecular formula is C27H26N4O2. The standard InChI is InChI=1S/C27H26N4O2/c28-21-11-12-24-22(17-21)23(27(32)33)18-25(29-24)30-13-15-31(16-14-30)26(19-7-3-1-4-8-19)20-9-5-2-6-10-20/h1-12,17-18,26H,13-16,28H2,(H,32,33). The van der Waals surface area contributed by atoms with Crippen molar-refractivity contribution in [1.29, 1.82) is 0 Å². The molecule has 0 atom stereocenters. The van der Waals surface area contributed by atoms with Gasteiger partial charge >= 0.3 is 5.97 Å². The number of carboxylic acid groups (broad SMARTS) is 1. The number of hydrogen-bond donors (Lipinski definition) is 2. The van der Waals surface area contributed by atoms with Gasteiger partial charge in [0, 0.05) is 37.3 Å². The molecule has 0 spiro atoms. The van der Waals surface area contributed by atoms with Gasteiger partial charge in [0.05, 0.1) is 17.1 Å². The number of anilines is 2. The van der Waals surface area contributed by atoms with Gasteiger partial charge in [0.25, 0.3) is 0 Å². The minimum absolute atomic E-state index is 0.177. The van der Waals surface area contributed by atoms with Gasteiger partial charge in [-0.05, 0) is 35.4 Å². The van der Waals surface area contributed by atoms with E-state index in [1.165, 1.54) is 11.1 Å². The van der Waals surface area contributed by atoms with Crippen LogP contribution in [0.2, 0.25) is 0 Å². The SMILES string of the molecule is Nc1ccc2nc(N3CCN(C(c4ccccc4)c4ccccc4)CC3)cc(C(=O)O)c2c1. The van der Waals surface area contributed by atoms with Crippen LogP contribution in [0, 0.1) is 0 Å². The normalized spacial score (nSPS) is 14.6. The van der Waals surface area contributed by atoms with Crippen LogP contribution in [0.1, 0.15) is 27.5 Å². The van der Waals surface area contributed by atoms with E-state index in [1.807, 2.05) is 12.1 Å². The fraction of sp³-hybridized carbons (Fsp3) is 0.185. The number of nitrogens with two attached hydrogens (primary N) is 1. The maximum atomic E-state index is 11.9. The van der Waals surface area contributed by atoms with Crippen LogP contribution in [-0.4, -0.2) is 47.1 Å². The van der Waals surface area contributed by atoms with Crippen molar-refractivity contribution >= 4 is 28.4 Å². The zero-order chi connectivity index (χ0) is 22.8. The molecule has 0 bridgehead atoms. The highest BCUT2D eigenvalue weighted by Gasteiger charge is 2.27. The Morgan fingerprint density at radius 2 is 1.45 bits per heavy atom. The van der Waals surface area contributed by atoms with Gasteiger partial charge < -0.3 is 15.7 Å². The topological polar surface area (TPSA) is 82.7 Å². The summed E-state index contributed by atoms with van der Waals surface area (Å²) in [5.41, 5.74) is 9.82. The number of nitrogens with zero attached hydrogens (tertiary/aromatic N) is 3. The number of piperazine rings is 1. The summed E-state index contributed by atoms with van der Waals surface area (Å²) >= 11 is 0. The Labute approximate surface area is 192 Å². The number of carboxylic acids is 1. The van der Waals surface area contributed by atoms with Gasteiger partial charge in [-0.15, -0.1) is 0 Å². The second-order valence-corrected chi connectivity index (χ2v) is 8.36. The third kappa shape index (κ3) is 4.25. The molecule has 0 amide bonds. The lowest BCUT2D eigenvalue weighted by atomic mass is 9.96. The van der Waals surface area contributed by atoms with Gasteiger partial charge in [-0.25, -0.2) is 9.78 Å². The quantitative estimate of drug-likeness (QED) is 0.449. The van der Waals surface area contributed by atoms with Crippen LogP contribution in [0.25, 0.3) is 10.9 Å². The molecule has 4 aromatic rings. The molecule has 1 aromatic heterocycles. The molecule has 3 aromatic carbocycles. The first-order valence-corrected chi connectivity index (χ1v) is 11.1. The van der Waals surface area contributed by atoms with Gasteiger partial charge in [-0.2, -0.15) is 0 Å². The van der Waals surface area contributed by atoms with Crippen molar-refractivity contribution in [1.82, 2.24) is 9.88 Å². The van der Waals surface area contributed by atoms with Crippen LogP contribution in [0.4, 0.5) is 11.5 Å². The lowest BCUT2D eigenvalue weighted by Gasteiger charge is -2.40. The number of rotatable bonds is 5. The molecular weight excluding hydrogens is 412 g/mol. The lowest BCUT2D eigenvalue weighted by molar-refractivity contribution is 0.0699. The number of pyridine rings is 1. The molecule has 3 N–H and O–H groups in total. The Hall–Kier alpha value is -3.90. The van der Waals surface area contributed by atoms with E-state index < -0.39 is 5.97 Å². The third-order valence-electron chi connectivity index (χ3n) is 6.28. The zero-order valence-electron chi connectivity index (χ0n) is 18.3. The molecule has 33 heavy (non-hydrogen) atoms. The summed E-state index contributed by atoms with van der Waals surface area (Å²) in [6, 6.07) is 28.2. The Balaban J connectivity index is 1.42. The van der Waals surface area contributed by atoms with Crippen LogP contribution >= 0.6 is 0 Å². The first kappa shape index (κ1) is 21.0. The van der Waals surface area contributed by atoms with Crippen LogP contribution in [0.3, 0.4) is 0 Å². The fourth-order valence-electron chi connectivity index (χ4n) is 4.66. The van der Waals surface area contributed by atoms with Crippen molar-refractivity contribution in [3.05, 3.63) is 102 Å². The molecule has 1 aliphatic heterocycles. The second-order valence-electron chi connectivity index (χ2n) is 8.36. The first-order valence-electron chi connectivity index (χ1n) is 11.1. The number of aromatic nitrogens is 1. The van der Waals surface area contributed by atoms with E-state index in [9.17, 15) is 9.90 Å². The summed E-state index contributed by atoms with van der Waals surface area (Å²) in [6.45, 7) is 3.22. The minimum Gasteiger partial charge on any atom is -0.478 e. The lowest BCUT2D eigenvalue weighted by Crippen LogP contribution is -2.48. The van der Waals surface area contributed by atoms with E-state index in [0.717, 1.165) is 26.2 Å². The van der Waals surface area contributed by atoms with Gasteiger partial charge in [-0.3, -0.25) is 4.90 Å². The summed E-state index contributed by atoms with van der Waals surface area (Å²) in [5.74, 6) is -0.276. The largest absolute Gasteiger partial charge is 0.478 e. The average molecular weight is 439 g/mol. The molecule has 166 valence electrons.